The molecule has 0 aliphatic rings. The van der Waals surface area contributed by atoms with Crippen molar-refractivity contribution in [3.8, 4) is 23.0 Å². The number of rotatable bonds is 5. The molecule has 0 aliphatic carbocycles. The molecule has 0 bridgehead atoms. The van der Waals surface area contributed by atoms with E-state index in [0.717, 1.165) is 11.3 Å². The first kappa shape index (κ1) is 21.4. The lowest BCUT2D eigenvalue weighted by molar-refractivity contribution is -0.112. The van der Waals surface area contributed by atoms with Crippen molar-refractivity contribution in [3.63, 3.8) is 0 Å². The van der Waals surface area contributed by atoms with Crippen LogP contribution in [0.3, 0.4) is 0 Å². The van der Waals surface area contributed by atoms with Gasteiger partial charge in [0.05, 0.1) is 11.4 Å². The van der Waals surface area contributed by atoms with Gasteiger partial charge in [-0.25, -0.2) is 4.68 Å². The molecule has 0 spiro atoms. The summed E-state index contributed by atoms with van der Waals surface area (Å²) >= 11 is 12.0. The van der Waals surface area contributed by atoms with Gasteiger partial charge in [0.15, 0.2) is 0 Å². The van der Waals surface area contributed by atoms with E-state index in [1.807, 2.05) is 66.7 Å². The van der Waals surface area contributed by atoms with Gasteiger partial charge in [0.1, 0.15) is 11.6 Å². The monoisotopic (exact) mass is 458 g/mol. The van der Waals surface area contributed by atoms with Gasteiger partial charge in [-0.1, -0.05) is 71.7 Å². The molecule has 32 heavy (non-hydrogen) atoms. The van der Waals surface area contributed by atoms with Gasteiger partial charge in [-0.2, -0.15) is 10.4 Å². The smallest absolute Gasteiger partial charge is 0.266 e. The van der Waals surface area contributed by atoms with Crippen LogP contribution in [-0.2, 0) is 4.79 Å². The standard InChI is InChI=1S/C25H16Cl2N4O/c26-20-12-21(27)14-22(13-20)29-25(32)18(15-28)11-19-16-31(23-9-5-2-6-10-23)30-24(19)17-7-3-1-4-8-17/h1-14,16H,(H,29,32)/b18-11+. The molecule has 1 heterocycles. The van der Waals surface area contributed by atoms with Crippen LogP contribution in [0, 0.1) is 11.3 Å². The Morgan fingerprint density at radius 1 is 0.969 bits per heavy atom. The topological polar surface area (TPSA) is 70.7 Å². The Bertz CT molecular complexity index is 1320. The zero-order valence-electron chi connectivity index (χ0n) is 16.7. The van der Waals surface area contributed by atoms with Gasteiger partial charge >= 0.3 is 0 Å². The van der Waals surface area contributed by atoms with Crippen molar-refractivity contribution >= 4 is 40.9 Å². The molecule has 1 aromatic heterocycles. The number of carbonyl (C=O) groups is 1. The zero-order chi connectivity index (χ0) is 22.5. The third-order valence-electron chi connectivity index (χ3n) is 4.60. The normalized spacial score (nSPS) is 11.1. The van der Waals surface area contributed by atoms with Crippen LogP contribution in [0.2, 0.25) is 10.0 Å². The van der Waals surface area contributed by atoms with Crippen molar-refractivity contribution < 1.29 is 4.79 Å². The maximum Gasteiger partial charge on any atom is 0.266 e. The number of benzene rings is 3. The largest absolute Gasteiger partial charge is 0.321 e. The van der Waals surface area contributed by atoms with E-state index in [4.69, 9.17) is 28.3 Å². The number of anilines is 1. The van der Waals surface area contributed by atoms with E-state index in [1.54, 1.807) is 29.1 Å². The van der Waals surface area contributed by atoms with Gasteiger partial charge in [0, 0.05) is 33.1 Å². The van der Waals surface area contributed by atoms with Crippen molar-refractivity contribution in [2.24, 2.45) is 0 Å². The predicted octanol–water partition coefficient (Wildman–Crippen LogP) is 6.39. The fourth-order valence-electron chi connectivity index (χ4n) is 3.15. The van der Waals surface area contributed by atoms with Gasteiger partial charge in [-0.15, -0.1) is 0 Å². The first-order valence-electron chi connectivity index (χ1n) is 9.63. The van der Waals surface area contributed by atoms with Crippen LogP contribution in [0.4, 0.5) is 5.69 Å². The summed E-state index contributed by atoms with van der Waals surface area (Å²) in [7, 11) is 0. The third kappa shape index (κ3) is 4.89. The maximum absolute atomic E-state index is 12.8. The van der Waals surface area contributed by atoms with E-state index in [2.05, 4.69) is 5.32 Å². The molecule has 0 saturated heterocycles. The molecule has 4 aromatic rings. The van der Waals surface area contributed by atoms with E-state index in [9.17, 15) is 10.1 Å². The Morgan fingerprint density at radius 3 is 2.22 bits per heavy atom. The number of halogens is 2. The highest BCUT2D eigenvalue weighted by molar-refractivity contribution is 6.35. The molecule has 3 aromatic carbocycles. The van der Waals surface area contributed by atoms with Crippen LogP contribution < -0.4 is 5.32 Å². The van der Waals surface area contributed by atoms with E-state index < -0.39 is 5.91 Å². The van der Waals surface area contributed by atoms with Crippen molar-refractivity contribution in [2.45, 2.75) is 0 Å². The minimum Gasteiger partial charge on any atom is -0.321 e. The average Bonchev–Trinajstić information content (AvgIpc) is 3.22. The van der Waals surface area contributed by atoms with Gasteiger partial charge in [-0.3, -0.25) is 4.79 Å². The molecule has 1 amide bonds. The first-order chi connectivity index (χ1) is 15.5. The minimum atomic E-state index is -0.572. The number of nitriles is 1. The van der Waals surface area contributed by atoms with Gasteiger partial charge in [0.2, 0.25) is 0 Å². The predicted molar refractivity (Wildman–Crippen MR) is 128 cm³/mol. The Morgan fingerprint density at radius 2 is 1.59 bits per heavy atom. The number of amides is 1. The molecule has 0 atom stereocenters. The molecule has 0 unspecified atom stereocenters. The number of carbonyl (C=O) groups excluding carboxylic acids is 1. The summed E-state index contributed by atoms with van der Waals surface area (Å²) < 4.78 is 1.72. The van der Waals surface area contributed by atoms with E-state index in [-0.39, 0.29) is 5.57 Å². The average molecular weight is 459 g/mol. The molecule has 1 N–H and O–H groups in total. The maximum atomic E-state index is 12.8. The molecule has 5 nitrogen and oxygen atoms in total. The van der Waals surface area contributed by atoms with Gasteiger partial charge in [-0.05, 0) is 36.4 Å². The Balaban J connectivity index is 1.74. The highest BCUT2D eigenvalue weighted by Gasteiger charge is 2.15. The fraction of sp³-hybridized carbons (Fsp3) is 0. The second-order valence-electron chi connectivity index (χ2n) is 6.86. The van der Waals surface area contributed by atoms with E-state index in [1.165, 1.54) is 6.08 Å². The number of hydrogen-bond donors (Lipinski definition) is 1. The molecule has 0 fully saturated rings. The quantitative estimate of drug-likeness (QED) is 0.278. The molecule has 0 aliphatic heterocycles. The second-order valence-corrected chi connectivity index (χ2v) is 7.73. The zero-order valence-corrected chi connectivity index (χ0v) is 18.2. The first-order valence-corrected chi connectivity index (χ1v) is 10.4. The molecule has 7 heteroatoms. The summed E-state index contributed by atoms with van der Waals surface area (Å²) in [4.78, 5) is 12.8. The second kappa shape index (κ2) is 9.52. The summed E-state index contributed by atoms with van der Waals surface area (Å²) in [5.41, 5.74) is 3.34. The molecule has 156 valence electrons. The highest BCUT2D eigenvalue weighted by atomic mass is 35.5. The van der Waals surface area contributed by atoms with Crippen molar-refractivity contribution in [3.05, 3.63) is 106 Å². The van der Waals surface area contributed by atoms with Gasteiger partial charge in [0.25, 0.3) is 5.91 Å². The number of aromatic nitrogens is 2. The van der Waals surface area contributed by atoms with Crippen LogP contribution in [0.15, 0.2) is 90.6 Å². The summed E-state index contributed by atoms with van der Waals surface area (Å²) in [6.45, 7) is 0. The van der Waals surface area contributed by atoms with Crippen LogP contribution in [0.1, 0.15) is 5.56 Å². The van der Waals surface area contributed by atoms with Crippen LogP contribution >= 0.6 is 23.2 Å². The number of hydrogen-bond acceptors (Lipinski definition) is 3. The molecular weight excluding hydrogens is 443 g/mol. The summed E-state index contributed by atoms with van der Waals surface area (Å²) in [5, 5.41) is 17.8. The molecule has 4 rings (SSSR count). The van der Waals surface area contributed by atoms with E-state index in [0.29, 0.717) is 27.0 Å². The Labute approximate surface area is 195 Å². The minimum absolute atomic E-state index is 0.0779. The molecule has 0 radical (unpaired) electrons. The van der Waals surface area contributed by atoms with Crippen LogP contribution in [0.5, 0.6) is 0 Å². The lowest BCUT2D eigenvalue weighted by Crippen LogP contribution is -2.13. The SMILES string of the molecule is N#C/C(=C\c1cn(-c2ccccc2)nc1-c1ccccc1)C(=O)Nc1cc(Cl)cc(Cl)c1. The Hall–Kier alpha value is -3.85. The van der Waals surface area contributed by atoms with Crippen molar-refractivity contribution in [2.75, 3.05) is 5.32 Å². The van der Waals surface area contributed by atoms with Crippen LogP contribution in [0.25, 0.3) is 23.0 Å². The molecular formula is C25H16Cl2N4O. The molecule has 0 saturated carbocycles. The summed E-state index contributed by atoms with van der Waals surface area (Å²) in [6, 6.07) is 25.8. The highest BCUT2D eigenvalue weighted by Crippen LogP contribution is 2.27. The number of nitrogens with one attached hydrogen (secondary N) is 1. The van der Waals surface area contributed by atoms with Gasteiger partial charge < -0.3 is 5.32 Å². The lowest BCUT2D eigenvalue weighted by atomic mass is 10.1. The number of nitrogens with zero attached hydrogens (tertiary/aromatic N) is 3. The summed E-state index contributed by atoms with van der Waals surface area (Å²) in [6.07, 6.45) is 3.31. The van der Waals surface area contributed by atoms with E-state index >= 15 is 0 Å². The summed E-state index contributed by atoms with van der Waals surface area (Å²) in [5.74, 6) is -0.572. The van der Waals surface area contributed by atoms with Crippen molar-refractivity contribution in [1.29, 1.82) is 5.26 Å². The third-order valence-corrected chi connectivity index (χ3v) is 5.03. The van der Waals surface area contributed by atoms with Crippen molar-refractivity contribution in [1.82, 2.24) is 9.78 Å². The lowest BCUT2D eigenvalue weighted by Gasteiger charge is -2.06. The Kier molecular flexibility index (Phi) is 6.37. The fourth-order valence-corrected chi connectivity index (χ4v) is 3.68. The number of para-hydroxylation sites is 1. The van der Waals surface area contributed by atoms with Crippen LogP contribution in [-0.4, -0.2) is 15.7 Å².